The van der Waals surface area contributed by atoms with Gasteiger partial charge in [-0.1, -0.05) is 23.8 Å². The van der Waals surface area contributed by atoms with E-state index < -0.39 is 0 Å². The number of allylic oxidation sites excluding steroid dienone is 1. The molecule has 0 radical (unpaired) electrons. The Morgan fingerprint density at radius 3 is 2.62 bits per heavy atom. The van der Waals surface area contributed by atoms with Gasteiger partial charge < -0.3 is 5.32 Å². The fourth-order valence-electron chi connectivity index (χ4n) is 2.74. The summed E-state index contributed by atoms with van der Waals surface area (Å²) in [6.45, 7) is 2.20. The van der Waals surface area contributed by atoms with E-state index in [9.17, 15) is 4.79 Å². The topological polar surface area (TPSA) is 59.8 Å². The molecule has 1 N–H and O–H groups in total. The normalized spacial score (nSPS) is 16.5. The van der Waals surface area contributed by atoms with E-state index >= 15 is 0 Å². The average molecular weight is 284 g/mol. The number of amides is 1. The fraction of sp³-hybridized carbons (Fsp3) is 0.438. The number of nitrogens with one attached hydrogen (secondary N) is 1. The highest BCUT2D eigenvalue weighted by Crippen LogP contribution is 2.20. The fourth-order valence-corrected chi connectivity index (χ4v) is 2.74. The maximum Gasteiger partial charge on any atom is 0.244 e. The van der Waals surface area contributed by atoms with Crippen LogP contribution in [0.3, 0.4) is 0 Å². The molecule has 5 heteroatoms. The lowest BCUT2D eigenvalue weighted by Gasteiger charge is -2.20. The number of nitrogens with zero attached hydrogens (tertiary/aromatic N) is 3. The van der Waals surface area contributed by atoms with Crippen molar-refractivity contribution in [2.75, 3.05) is 0 Å². The molecule has 1 aliphatic rings. The Morgan fingerprint density at radius 2 is 2.00 bits per heavy atom. The largest absolute Gasteiger partial charge is 0.348 e. The van der Waals surface area contributed by atoms with Gasteiger partial charge in [-0.3, -0.25) is 4.79 Å². The Labute approximate surface area is 124 Å². The van der Waals surface area contributed by atoms with Crippen LogP contribution in [0.2, 0.25) is 0 Å². The van der Waals surface area contributed by atoms with Crippen molar-refractivity contribution in [2.24, 2.45) is 0 Å². The maximum absolute atomic E-state index is 12.1. The Hall–Kier alpha value is -2.17. The molecule has 0 saturated heterocycles. The van der Waals surface area contributed by atoms with Crippen molar-refractivity contribution in [1.82, 2.24) is 20.3 Å². The third-order valence-electron chi connectivity index (χ3n) is 3.87. The minimum Gasteiger partial charge on any atom is -0.348 e. The molecule has 1 heterocycles. The van der Waals surface area contributed by atoms with Gasteiger partial charge in [0.15, 0.2) is 0 Å². The molecule has 1 aliphatic carbocycles. The van der Waals surface area contributed by atoms with E-state index in [0.717, 1.165) is 23.9 Å². The van der Waals surface area contributed by atoms with Gasteiger partial charge in [0.1, 0.15) is 17.6 Å². The zero-order valence-corrected chi connectivity index (χ0v) is 12.2. The zero-order valence-electron chi connectivity index (χ0n) is 12.2. The van der Waals surface area contributed by atoms with Gasteiger partial charge in [0.2, 0.25) is 5.91 Å². The van der Waals surface area contributed by atoms with Crippen LogP contribution in [-0.2, 0) is 11.3 Å². The number of carbonyl (C=O) groups excluding carboxylic acids is 1. The van der Waals surface area contributed by atoms with E-state index in [4.69, 9.17) is 0 Å². The second-order valence-electron chi connectivity index (χ2n) is 5.53. The first-order valence-corrected chi connectivity index (χ1v) is 7.50. The van der Waals surface area contributed by atoms with E-state index in [1.165, 1.54) is 23.2 Å². The minimum atomic E-state index is -0.0470. The second-order valence-corrected chi connectivity index (χ2v) is 5.53. The summed E-state index contributed by atoms with van der Waals surface area (Å²) in [6, 6.07) is 7.72. The lowest BCUT2D eigenvalue weighted by atomic mass is 9.95. The molecule has 1 atom stereocenters. The monoisotopic (exact) mass is 284 g/mol. The molecule has 0 aliphatic heterocycles. The van der Waals surface area contributed by atoms with E-state index in [1.807, 2.05) is 31.2 Å². The molecule has 21 heavy (non-hydrogen) atoms. The predicted octanol–water partition coefficient (Wildman–Crippen LogP) is 2.44. The SMILES string of the molecule is CC(NC(=O)Cn1nc2ccccc2n1)C1=CCCCC1. The molecule has 1 unspecified atom stereocenters. The quantitative estimate of drug-likeness (QED) is 0.877. The number of hydrogen-bond donors (Lipinski definition) is 1. The molecule has 1 aromatic heterocycles. The van der Waals surface area contributed by atoms with Crippen LogP contribution in [0, 0.1) is 0 Å². The highest BCUT2D eigenvalue weighted by molar-refractivity contribution is 5.77. The number of benzene rings is 1. The Bertz CT molecular complexity index is 641. The van der Waals surface area contributed by atoms with Gasteiger partial charge in [-0.25, -0.2) is 0 Å². The standard InChI is InChI=1S/C16H20N4O/c1-12(13-7-3-2-4-8-13)17-16(21)11-20-18-14-9-5-6-10-15(14)19-20/h5-7,9-10,12H,2-4,8,11H2,1H3,(H,17,21). The van der Waals surface area contributed by atoms with Gasteiger partial charge in [0, 0.05) is 6.04 Å². The van der Waals surface area contributed by atoms with Gasteiger partial charge in [0.05, 0.1) is 0 Å². The maximum atomic E-state index is 12.1. The lowest BCUT2D eigenvalue weighted by molar-refractivity contribution is -0.122. The van der Waals surface area contributed by atoms with Crippen LogP contribution >= 0.6 is 0 Å². The molecule has 2 aromatic rings. The number of hydrogen-bond acceptors (Lipinski definition) is 3. The van der Waals surface area contributed by atoms with Crippen LogP contribution in [0.15, 0.2) is 35.9 Å². The summed E-state index contributed by atoms with van der Waals surface area (Å²) in [5.74, 6) is -0.0470. The molecule has 0 bridgehead atoms. The van der Waals surface area contributed by atoms with Gasteiger partial charge in [-0.05, 0) is 44.7 Å². The van der Waals surface area contributed by atoms with Gasteiger partial charge >= 0.3 is 0 Å². The second kappa shape index (κ2) is 6.08. The van der Waals surface area contributed by atoms with Crippen molar-refractivity contribution in [3.05, 3.63) is 35.9 Å². The van der Waals surface area contributed by atoms with Crippen LogP contribution in [0.1, 0.15) is 32.6 Å². The van der Waals surface area contributed by atoms with Crippen molar-refractivity contribution in [1.29, 1.82) is 0 Å². The third-order valence-corrected chi connectivity index (χ3v) is 3.87. The summed E-state index contributed by atoms with van der Waals surface area (Å²) in [7, 11) is 0. The van der Waals surface area contributed by atoms with E-state index in [-0.39, 0.29) is 18.5 Å². The molecule has 110 valence electrons. The van der Waals surface area contributed by atoms with E-state index in [0.29, 0.717) is 0 Å². The molecule has 1 amide bonds. The van der Waals surface area contributed by atoms with Crippen molar-refractivity contribution >= 4 is 16.9 Å². The van der Waals surface area contributed by atoms with E-state index in [2.05, 4.69) is 21.6 Å². The Kier molecular flexibility index (Phi) is 3.99. The van der Waals surface area contributed by atoms with Crippen LogP contribution in [-0.4, -0.2) is 26.9 Å². The summed E-state index contributed by atoms with van der Waals surface area (Å²) in [6.07, 6.45) is 6.95. The average Bonchev–Trinajstić information content (AvgIpc) is 2.90. The Morgan fingerprint density at radius 1 is 1.29 bits per heavy atom. The summed E-state index contributed by atoms with van der Waals surface area (Å²) in [5.41, 5.74) is 2.97. The lowest BCUT2D eigenvalue weighted by Crippen LogP contribution is -2.37. The minimum absolute atomic E-state index is 0.0470. The summed E-state index contributed by atoms with van der Waals surface area (Å²) in [4.78, 5) is 13.6. The third kappa shape index (κ3) is 3.29. The van der Waals surface area contributed by atoms with Gasteiger partial charge in [-0.15, -0.1) is 0 Å². The van der Waals surface area contributed by atoms with Crippen molar-refractivity contribution < 1.29 is 4.79 Å². The summed E-state index contributed by atoms with van der Waals surface area (Å²) < 4.78 is 0. The highest BCUT2D eigenvalue weighted by atomic mass is 16.2. The zero-order chi connectivity index (χ0) is 14.7. The molecular formula is C16H20N4O. The smallest absolute Gasteiger partial charge is 0.244 e. The first-order chi connectivity index (χ1) is 10.2. The molecule has 1 aromatic carbocycles. The van der Waals surface area contributed by atoms with Crippen LogP contribution in [0.4, 0.5) is 0 Å². The molecular weight excluding hydrogens is 264 g/mol. The van der Waals surface area contributed by atoms with Crippen molar-refractivity contribution in [3.63, 3.8) is 0 Å². The first-order valence-electron chi connectivity index (χ1n) is 7.50. The van der Waals surface area contributed by atoms with Crippen LogP contribution in [0.5, 0.6) is 0 Å². The number of carbonyl (C=O) groups is 1. The Balaban J connectivity index is 1.62. The summed E-state index contributed by atoms with van der Waals surface area (Å²) >= 11 is 0. The molecule has 5 nitrogen and oxygen atoms in total. The van der Waals surface area contributed by atoms with Crippen LogP contribution < -0.4 is 5.32 Å². The molecule has 0 saturated carbocycles. The number of fused-ring (bicyclic) bond motifs is 1. The van der Waals surface area contributed by atoms with Crippen LogP contribution in [0.25, 0.3) is 11.0 Å². The molecule has 0 fully saturated rings. The van der Waals surface area contributed by atoms with Gasteiger partial charge in [0.25, 0.3) is 0 Å². The van der Waals surface area contributed by atoms with Crippen molar-refractivity contribution in [2.45, 2.75) is 45.2 Å². The molecule has 3 rings (SSSR count). The van der Waals surface area contributed by atoms with Gasteiger partial charge in [-0.2, -0.15) is 15.0 Å². The van der Waals surface area contributed by atoms with Crippen molar-refractivity contribution in [3.8, 4) is 0 Å². The predicted molar refractivity (Wildman–Crippen MR) is 81.7 cm³/mol. The first kappa shape index (κ1) is 13.8. The summed E-state index contributed by atoms with van der Waals surface area (Å²) in [5, 5.41) is 11.6. The number of aromatic nitrogens is 3. The van der Waals surface area contributed by atoms with E-state index in [1.54, 1.807) is 0 Å². The highest BCUT2D eigenvalue weighted by Gasteiger charge is 2.15. The number of rotatable bonds is 4. The molecule has 0 spiro atoms.